The summed E-state index contributed by atoms with van der Waals surface area (Å²) in [4.78, 5) is 22.9. The molecule has 2 rings (SSSR count). The summed E-state index contributed by atoms with van der Waals surface area (Å²) >= 11 is 0. The number of phenols is 2. The van der Waals surface area contributed by atoms with Gasteiger partial charge in [0, 0.05) is 6.54 Å². The average Bonchev–Trinajstić information content (AvgIpc) is 2.48. The number of carboxylic acid groups (broad SMARTS) is 1. The highest BCUT2D eigenvalue weighted by molar-refractivity contribution is 6.00. The van der Waals surface area contributed by atoms with Crippen molar-refractivity contribution in [3.05, 3.63) is 58.9 Å². The van der Waals surface area contributed by atoms with Gasteiger partial charge in [-0.1, -0.05) is 12.1 Å². The molecule has 0 aliphatic carbocycles. The third-order valence-corrected chi connectivity index (χ3v) is 2.95. The molecule has 0 aliphatic heterocycles. The Labute approximate surface area is 124 Å². The minimum absolute atomic E-state index is 0.0522. The van der Waals surface area contributed by atoms with Gasteiger partial charge in [0.15, 0.2) is 11.5 Å². The summed E-state index contributed by atoms with van der Waals surface area (Å²) < 4.78 is 12.8. The summed E-state index contributed by atoms with van der Waals surface area (Å²) in [5, 5.41) is 30.4. The number of rotatable bonds is 4. The number of benzene rings is 2. The number of carbonyl (C=O) groups is 2. The van der Waals surface area contributed by atoms with Crippen LogP contribution in [0, 0.1) is 5.82 Å². The van der Waals surface area contributed by atoms with Gasteiger partial charge in [0.25, 0.3) is 5.91 Å². The Hall–Kier alpha value is -3.09. The second kappa shape index (κ2) is 6.13. The lowest BCUT2D eigenvalue weighted by Gasteiger charge is -2.09. The Morgan fingerprint density at radius 2 is 1.73 bits per heavy atom. The fourth-order valence-corrected chi connectivity index (χ4v) is 1.80. The monoisotopic (exact) mass is 305 g/mol. The van der Waals surface area contributed by atoms with Gasteiger partial charge in [0.1, 0.15) is 5.82 Å². The van der Waals surface area contributed by atoms with Crippen LogP contribution in [0.4, 0.5) is 4.39 Å². The van der Waals surface area contributed by atoms with E-state index in [0.717, 1.165) is 12.1 Å². The maximum absolute atomic E-state index is 12.8. The van der Waals surface area contributed by atoms with Crippen LogP contribution >= 0.6 is 0 Å². The molecular weight excluding hydrogens is 293 g/mol. The smallest absolute Gasteiger partial charge is 0.335 e. The van der Waals surface area contributed by atoms with E-state index in [1.165, 1.54) is 24.3 Å². The standard InChI is InChI=1S/C15H12FNO5/c16-10-3-1-8(2-4-10)7-17-14(20)11-5-9(15(21)22)6-12(18)13(11)19/h1-6,18-19H,7H2,(H,17,20)(H,21,22). The van der Waals surface area contributed by atoms with Crippen molar-refractivity contribution in [1.82, 2.24) is 5.32 Å². The Kier molecular flexibility index (Phi) is 4.26. The van der Waals surface area contributed by atoms with Crippen molar-refractivity contribution in [2.45, 2.75) is 6.54 Å². The van der Waals surface area contributed by atoms with Crippen LogP contribution in [0.25, 0.3) is 0 Å². The quantitative estimate of drug-likeness (QED) is 0.645. The third kappa shape index (κ3) is 3.32. The molecule has 0 bridgehead atoms. The highest BCUT2D eigenvalue weighted by Crippen LogP contribution is 2.30. The summed E-state index contributed by atoms with van der Waals surface area (Å²) in [6.45, 7) is 0.0522. The lowest BCUT2D eigenvalue weighted by molar-refractivity contribution is 0.0696. The zero-order valence-electron chi connectivity index (χ0n) is 11.2. The van der Waals surface area contributed by atoms with Gasteiger partial charge in [-0.25, -0.2) is 9.18 Å². The van der Waals surface area contributed by atoms with Crippen molar-refractivity contribution in [3.8, 4) is 11.5 Å². The molecule has 0 radical (unpaired) electrons. The maximum Gasteiger partial charge on any atom is 0.335 e. The van der Waals surface area contributed by atoms with Crippen LogP contribution in [0.1, 0.15) is 26.3 Å². The van der Waals surface area contributed by atoms with Gasteiger partial charge in [-0.05, 0) is 29.8 Å². The van der Waals surface area contributed by atoms with Gasteiger partial charge in [-0.15, -0.1) is 0 Å². The highest BCUT2D eigenvalue weighted by atomic mass is 19.1. The first kappa shape index (κ1) is 15.3. The van der Waals surface area contributed by atoms with Gasteiger partial charge >= 0.3 is 5.97 Å². The molecule has 0 unspecified atom stereocenters. The van der Waals surface area contributed by atoms with E-state index in [1.807, 2.05) is 0 Å². The van der Waals surface area contributed by atoms with Gasteiger partial charge in [-0.3, -0.25) is 4.79 Å². The second-order valence-electron chi connectivity index (χ2n) is 4.51. The summed E-state index contributed by atoms with van der Waals surface area (Å²) in [7, 11) is 0. The average molecular weight is 305 g/mol. The number of phenolic OH excluding ortho intramolecular Hbond substituents is 2. The lowest BCUT2D eigenvalue weighted by Crippen LogP contribution is -2.23. The molecule has 2 aromatic rings. The van der Waals surface area contributed by atoms with Crippen LogP contribution in [0.15, 0.2) is 36.4 Å². The van der Waals surface area contributed by atoms with E-state index in [9.17, 15) is 24.2 Å². The molecule has 0 aliphatic rings. The van der Waals surface area contributed by atoms with Crippen LogP contribution in [-0.2, 0) is 6.54 Å². The van der Waals surface area contributed by atoms with E-state index in [2.05, 4.69) is 5.32 Å². The number of carboxylic acids is 1. The topological polar surface area (TPSA) is 107 Å². The number of nitrogens with one attached hydrogen (secondary N) is 1. The number of hydrogen-bond donors (Lipinski definition) is 4. The highest BCUT2D eigenvalue weighted by Gasteiger charge is 2.18. The number of hydrogen-bond acceptors (Lipinski definition) is 4. The van der Waals surface area contributed by atoms with Crippen molar-refractivity contribution in [3.63, 3.8) is 0 Å². The predicted octanol–water partition coefficient (Wildman–Crippen LogP) is 1.87. The Bertz CT molecular complexity index is 727. The second-order valence-corrected chi connectivity index (χ2v) is 4.51. The maximum atomic E-state index is 12.8. The fourth-order valence-electron chi connectivity index (χ4n) is 1.80. The third-order valence-electron chi connectivity index (χ3n) is 2.95. The first-order valence-electron chi connectivity index (χ1n) is 6.20. The van der Waals surface area contributed by atoms with Crippen LogP contribution in [0.2, 0.25) is 0 Å². The molecule has 0 saturated carbocycles. The molecule has 7 heteroatoms. The molecular formula is C15H12FNO5. The zero-order chi connectivity index (χ0) is 16.3. The normalized spacial score (nSPS) is 10.2. The summed E-state index contributed by atoms with van der Waals surface area (Å²) in [6, 6.07) is 7.21. The molecule has 1 amide bonds. The van der Waals surface area contributed by atoms with Gasteiger partial charge < -0.3 is 20.6 Å². The Morgan fingerprint density at radius 1 is 1.09 bits per heavy atom. The van der Waals surface area contributed by atoms with Crippen LogP contribution in [0.5, 0.6) is 11.5 Å². The van der Waals surface area contributed by atoms with Crippen molar-refractivity contribution < 1.29 is 29.3 Å². The zero-order valence-corrected chi connectivity index (χ0v) is 11.2. The predicted molar refractivity (Wildman–Crippen MR) is 74.3 cm³/mol. The number of amides is 1. The molecule has 0 aromatic heterocycles. The number of halogens is 1. The molecule has 6 nitrogen and oxygen atoms in total. The molecule has 114 valence electrons. The first-order chi connectivity index (χ1) is 10.4. The number of aromatic carboxylic acids is 1. The van der Waals surface area contributed by atoms with Crippen LogP contribution < -0.4 is 5.32 Å². The molecule has 2 aromatic carbocycles. The summed E-state index contributed by atoms with van der Waals surface area (Å²) in [5.74, 6) is -3.93. The molecule has 0 heterocycles. The van der Waals surface area contributed by atoms with E-state index >= 15 is 0 Å². The molecule has 0 atom stereocenters. The molecule has 0 spiro atoms. The first-order valence-corrected chi connectivity index (χ1v) is 6.20. The SMILES string of the molecule is O=C(O)c1cc(O)c(O)c(C(=O)NCc2ccc(F)cc2)c1. The van der Waals surface area contributed by atoms with Crippen LogP contribution in [-0.4, -0.2) is 27.2 Å². The van der Waals surface area contributed by atoms with Gasteiger partial charge in [0.2, 0.25) is 0 Å². The van der Waals surface area contributed by atoms with Crippen molar-refractivity contribution in [2.24, 2.45) is 0 Å². The van der Waals surface area contributed by atoms with E-state index in [-0.39, 0.29) is 17.7 Å². The van der Waals surface area contributed by atoms with Crippen molar-refractivity contribution >= 4 is 11.9 Å². The van der Waals surface area contributed by atoms with Crippen molar-refractivity contribution in [2.75, 3.05) is 0 Å². The summed E-state index contributed by atoms with van der Waals surface area (Å²) in [6.07, 6.45) is 0. The number of carbonyl (C=O) groups excluding carboxylic acids is 1. The van der Waals surface area contributed by atoms with E-state index < -0.39 is 29.2 Å². The van der Waals surface area contributed by atoms with Gasteiger partial charge in [0.05, 0.1) is 11.1 Å². The van der Waals surface area contributed by atoms with E-state index in [4.69, 9.17) is 5.11 Å². The molecule has 22 heavy (non-hydrogen) atoms. The van der Waals surface area contributed by atoms with Crippen molar-refractivity contribution in [1.29, 1.82) is 0 Å². The molecule has 4 N–H and O–H groups in total. The van der Waals surface area contributed by atoms with Gasteiger partial charge in [-0.2, -0.15) is 0 Å². The molecule has 0 saturated heterocycles. The van der Waals surface area contributed by atoms with Crippen LogP contribution in [0.3, 0.4) is 0 Å². The Balaban J connectivity index is 2.18. The lowest BCUT2D eigenvalue weighted by atomic mass is 10.1. The largest absolute Gasteiger partial charge is 0.504 e. The van der Waals surface area contributed by atoms with E-state index in [1.54, 1.807) is 0 Å². The minimum atomic E-state index is -1.34. The number of aromatic hydroxyl groups is 2. The summed E-state index contributed by atoms with van der Waals surface area (Å²) in [5.41, 5.74) is -0.0744. The Morgan fingerprint density at radius 3 is 2.32 bits per heavy atom. The van der Waals surface area contributed by atoms with E-state index in [0.29, 0.717) is 5.56 Å². The molecule has 0 fully saturated rings. The minimum Gasteiger partial charge on any atom is -0.504 e. The fraction of sp³-hybridized carbons (Fsp3) is 0.0667.